The summed E-state index contributed by atoms with van der Waals surface area (Å²) in [5.74, 6) is -0.0901. The van der Waals surface area contributed by atoms with Crippen LogP contribution in [0.5, 0.6) is 23.0 Å². The van der Waals surface area contributed by atoms with Gasteiger partial charge in [-0.3, -0.25) is 9.59 Å². The maximum absolute atomic E-state index is 12.8. The lowest BCUT2D eigenvalue weighted by Gasteiger charge is -2.28. The van der Waals surface area contributed by atoms with Gasteiger partial charge in [0.05, 0.1) is 26.2 Å². The molecule has 0 aliphatic carbocycles. The number of carboxylic acid groups (broad SMARTS) is 1. The summed E-state index contributed by atoms with van der Waals surface area (Å²) < 4.78 is 21.3. The fraction of sp³-hybridized carbons (Fsp3) is 0.300. The van der Waals surface area contributed by atoms with Crippen LogP contribution in [0.25, 0.3) is 0 Å². The van der Waals surface area contributed by atoms with Crippen molar-refractivity contribution in [3.63, 3.8) is 0 Å². The summed E-state index contributed by atoms with van der Waals surface area (Å²) in [4.78, 5) is 26.2. The Hall–Kier alpha value is -3.42. The van der Waals surface area contributed by atoms with Crippen LogP contribution in [0.4, 0.5) is 5.69 Å². The predicted octanol–water partition coefficient (Wildman–Crippen LogP) is 2.61. The highest BCUT2D eigenvalue weighted by Crippen LogP contribution is 2.45. The molecule has 2 aliphatic rings. The molecular formula is C20H19NO7. The number of rotatable bonds is 5. The van der Waals surface area contributed by atoms with Crippen molar-refractivity contribution in [1.29, 1.82) is 0 Å². The van der Waals surface area contributed by atoms with Gasteiger partial charge >= 0.3 is 5.97 Å². The van der Waals surface area contributed by atoms with E-state index in [1.54, 1.807) is 36.4 Å². The number of carbonyl (C=O) groups excluding carboxylic acids is 1. The normalized spacial score (nSPS) is 20.4. The molecular weight excluding hydrogens is 366 g/mol. The molecule has 146 valence electrons. The Labute approximate surface area is 161 Å². The van der Waals surface area contributed by atoms with E-state index in [2.05, 4.69) is 0 Å². The summed E-state index contributed by atoms with van der Waals surface area (Å²) >= 11 is 0. The van der Waals surface area contributed by atoms with Gasteiger partial charge in [0.2, 0.25) is 12.7 Å². The highest BCUT2D eigenvalue weighted by atomic mass is 16.7. The van der Waals surface area contributed by atoms with Gasteiger partial charge in [-0.05, 0) is 29.8 Å². The lowest BCUT2D eigenvalue weighted by molar-refractivity contribution is -0.142. The van der Waals surface area contributed by atoms with Gasteiger partial charge in [0.15, 0.2) is 23.0 Å². The summed E-state index contributed by atoms with van der Waals surface area (Å²) in [6, 6.07) is 9.60. The van der Waals surface area contributed by atoms with Crippen molar-refractivity contribution >= 4 is 17.6 Å². The molecule has 1 fully saturated rings. The van der Waals surface area contributed by atoms with Crippen LogP contribution in [-0.2, 0) is 9.59 Å². The number of fused-ring (bicyclic) bond motifs is 1. The van der Waals surface area contributed by atoms with Crippen LogP contribution in [0, 0.1) is 5.92 Å². The Morgan fingerprint density at radius 2 is 1.82 bits per heavy atom. The third-order valence-corrected chi connectivity index (χ3v) is 5.02. The molecule has 0 saturated carbocycles. The van der Waals surface area contributed by atoms with Gasteiger partial charge in [0.1, 0.15) is 0 Å². The van der Waals surface area contributed by atoms with Gasteiger partial charge in [0, 0.05) is 18.2 Å². The molecule has 28 heavy (non-hydrogen) atoms. The molecule has 2 aliphatic heterocycles. The number of ether oxygens (including phenoxy) is 4. The fourth-order valence-corrected chi connectivity index (χ4v) is 3.71. The lowest BCUT2D eigenvalue weighted by atomic mass is 9.93. The zero-order valence-corrected chi connectivity index (χ0v) is 15.4. The molecule has 0 bridgehead atoms. The predicted molar refractivity (Wildman–Crippen MR) is 98.1 cm³/mol. The smallest absolute Gasteiger partial charge is 0.309 e. The third kappa shape index (κ3) is 2.87. The van der Waals surface area contributed by atoms with Crippen LogP contribution >= 0.6 is 0 Å². The number of carbonyl (C=O) groups is 2. The first-order valence-electron chi connectivity index (χ1n) is 8.70. The second-order valence-corrected chi connectivity index (χ2v) is 6.51. The van der Waals surface area contributed by atoms with Crippen LogP contribution in [0.3, 0.4) is 0 Å². The largest absolute Gasteiger partial charge is 0.493 e. The molecule has 1 amide bonds. The first-order chi connectivity index (χ1) is 13.5. The van der Waals surface area contributed by atoms with Crippen molar-refractivity contribution < 1.29 is 33.6 Å². The number of carboxylic acids is 1. The lowest BCUT2D eigenvalue weighted by Crippen LogP contribution is -2.30. The first kappa shape index (κ1) is 18.0. The standard InChI is InChI=1S/C20H19NO7/c1-25-14-5-3-11(7-16(14)26-2)19-13(20(23)24)9-18(22)21(19)12-4-6-15-17(8-12)28-10-27-15/h3-8,13,19H,9-10H2,1-2H3,(H,23,24)/t13-,19+/m0/s1. The first-order valence-corrected chi connectivity index (χ1v) is 8.70. The number of methoxy groups -OCH3 is 2. The molecule has 8 nitrogen and oxygen atoms in total. The van der Waals surface area contributed by atoms with Gasteiger partial charge in [-0.2, -0.15) is 0 Å². The Morgan fingerprint density at radius 3 is 2.54 bits per heavy atom. The zero-order chi connectivity index (χ0) is 19.8. The minimum atomic E-state index is -1.03. The minimum absolute atomic E-state index is 0.0945. The van der Waals surface area contributed by atoms with Gasteiger partial charge in [-0.15, -0.1) is 0 Å². The van der Waals surface area contributed by atoms with Gasteiger partial charge in [0.25, 0.3) is 0 Å². The molecule has 0 spiro atoms. The Balaban J connectivity index is 1.80. The molecule has 8 heteroatoms. The molecule has 2 heterocycles. The van der Waals surface area contributed by atoms with Crippen molar-refractivity contribution in [2.45, 2.75) is 12.5 Å². The molecule has 2 atom stereocenters. The summed E-state index contributed by atoms with van der Waals surface area (Å²) in [5.41, 5.74) is 1.20. The molecule has 0 unspecified atom stereocenters. The number of amides is 1. The number of nitrogens with zero attached hydrogens (tertiary/aromatic N) is 1. The van der Waals surface area contributed by atoms with Crippen molar-refractivity contribution in [2.75, 3.05) is 25.9 Å². The van der Waals surface area contributed by atoms with Gasteiger partial charge in [-0.1, -0.05) is 6.07 Å². The topological polar surface area (TPSA) is 94.5 Å². The van der Waals surface area contributed by atoms with E-state index in [0.717, 1.165) is 0 Å². The van der Waals surface area contributed by atoms with E-state index in [1.807, 2.05) is 0 Å². The minimum Gasteiger partial charge on any atom is -0.493 e. The average molecular weight is 385 g/mol. The maximum Gasteiger partial charge on any atom is 0.309 e. The van der Waals surface area contributed by atoms with Crippen molar-refractivity contribution in [3.8, 4) is 23.0 Å². The van der Waals surface area contributed by atoms with E-state index in [9.17, 15) is 14.7 Å². The van der Waals surface area contributed by atoms with E-state index < -0.39 is 17.9 Å². The zero-order valence-electron chi connectivity index (χ0n) is 15.4. The van der Waals surface area contributed by atoms with E-state index in [-0.39, 0.29) is 19.1 Å². The second kappa shape index (κ2) is 6.95. The van der Waals surface area contributed by atoms with E-state index in [1.165, 1.54) is 19.1 Å². The van der Waals surface area contributed by atoms with Crippen molar-refractivity contribution in [2.24, 2.45) is 5.92 Å². The molecule has 4 rings (SSSR count). The Morgan fingerprint density at radius 1 is 1.07 bits per heavy atom. The molecule has 1 N–H and O–H groups in total. The fourth-order valence-electron chi connectivity index (χ4n) is 3.71. The summed E-state index contributed by atoms with van der Waals surface area (Å²) in [6.07, 6.45) is -0.0945. The number of anilines is 1. The van der Waals surface area contributed by atoms with E-state index in [4.69, 9.17) is 18.9 Å². The highest BCUT2D eigenvalue weighted by molar-refractivity contribution is 6.00. The summed E-state index contributed by atoms with van der Waals surface area (Å²) in [6.45, 7) is 0.115. The van der Waals surface area contributed by atoms with Gasteiger partial charge in [-0.25, -0.2) is 0 Å². The highest BCUT2D eigenvalue weighted by Gasteiger charge is 2.46. The van der Waals surface area contributed by atoms with Crippen LogP contribution in [0.1, 0.15) is 18.0 Å². The number of aliphatic carboxylic acids is 1. The number of hydrogen-bond acceptors (Lipinski definition) is 6. The SMILES string of the molecule is COc1ccc([C@@H]2[C@@H](C(=O)O)CC(=O)N2c2ccc3c(c2)OCO3)cc1OC. The summed E-state index contributed by atoms with van der Waals surface area (Å²) in [7, 11) is 3.03. The van der Waals surface area contributed by atoms with Crippen LogP contribution in [0.2, 0.25) is 0 Å². The molecule has 1 saturated heterocycles. The second-order valence-electron chi connectivity index (χ2n) is 6.51. The average Bonchev–Trinajstić information content (AvgIpc) is 3.30. The van der Waals surface area contributed by atoms with Gasteiger partial charge < -0.3 is 29.0 Å². The molecule has 0 aromatic heterocycles. The van der Waals surface area contributed by atoms with Crippen LogP contribution in [0.15, 0.2) is 36.4 Å². The monoisotopic (exact) mass is 385 g/mol. The molecule has 2 aromatic carbocycles. The molecule has 2 aromatic rings. The molecule has 0 radical (unpaired) electrons. The van der Waals surface area contributed by atoms with E-state index in [0.29, 0.717) is 34.2 Å². The van der Waals surface area contributed by atoms with Crippen LogP contribution in [-0.4, -0.2) is 38.0 Å². The Bertz CT molecular complexity index is 942. The number of benzene rings is 2. The summed E-state index contributed by atoms with van der Waals surface area (Å²) in [5, 5.41) is 9.73. The Kier molecular flexibility index (Phi) is 4.46. The van der Waals surface area contributed by atoms with E-state index >= 15 is 0 Å². The van der Waals surface area contributed by atoms with Crippen molar-refractivity contribution in [1.82, 2.24) is 0 Å². The maximum atomic E-state index is 12.8. The van der Waals surface area contributed by atoms with Crippen molar-refractivity contribution in [3.05, 3.63) is 42.0 Å². The van der Waals surface area contributed by atoms with Crippen LogP contribution < -0.4 is 23.8 Å². The quantitative estimate of drug-likeness (QED) is 0.845. The third-order valence-electron chi connectivity index (χ3n) is 5.02. The number of hydrogen-bond donors (Lipinski definition) is 1.